The third-order valence-electron chi connectivity index (χ3n) is 3.33. The molecule has 0 atom stereocenters. The minimum absolute atomic E-state index is 0.0261. The fraction of sp³-hybridized carbons (Fsp3) is 0.500. The molecule has 0 aliphatic carbocycles. The van der Waals surface area contributed by atoms with Crippen LogP contribution in [0.2, 0.25) is 0 Å². The van der Waals surface area contributed by atoms with Crippen molar-refractivity contribution < 1.29 is 14.3 Å². The summed E-state index contributed by atoms with van der Waals surface area (Å²) in [6.45, 7) is 3.75. The summed E-state index contributed by atoms with van der Waals surface area (Å²) in [5, 5.41) is 0. The molecule has 4 heteroatoms. The lowest BCUT2D eigenvalue weighted by molar-refractivity contribution is 0.0749. The van der Waals surface area contributed by atoms with Crippen molar-refractivity contribution >= 4 is 5.78 Å². The number of benzene rings is 1. The lowest BCUT2D eigenvalue weighted by Gasteiger charge is -2.31. The summed E-state index contributed by atoms with van der Waals surface area (Å²) >= 11 is 0. The molecule has 0 radical (unpaired) electrons. The Morgan fingerprint density at radius 3 is 1.89 bits per heavy atom. The molecule has 100 valence electrons. The van der Waals surface area contributed by atoms with E-state index in [4.69, 9.17) is 9.47 Å². The molecule has 0 aliphatic heterocycles. The van der Waals surface area contributed by atoms with E-state index in [0.717, 1.165) is 0 Å². The average Bonchev–Trinajstić information content (AvgIpc) is 2.36. The van der Waals surface area contributed by atoms with Gasteiger partial charge in [-0.05, 0) is 40.1 Å². The molecule has 4 nitrogen and oxygen atoms in total. The van der Waals surface area contributed by atoms with E-state index in [0.29, 0.717) is 17.1 Å². The molecule has 1 rings (SSSR count). The molecule has 0 heterocycles. The van der Waals surface area contributed by atoms with E-state index in [9.17, 15) is 4.79 Å². The van der Waals surface area contributed by atoms with E-state index < -0.39 is 5.54 Å². The van der Waals surface area contributed by atoms with Crippen LogP contribution in [0.25, 0.3) is 0 Å². The molecule has 0 aliphatic rings. The van der Waals surface area contributed by atoms with Crippen LogP contribution in [-0.2, 0) is 0 Å². The van der Waals surface area contributed by atoms with Crippen molar-refractivity contribution in [1.82, 2.24) is 4.90 Å². The van der Waals surface area contributed by atoms with Gasteiger partial charge in [-0.1, -0.05) is 6.07 Å². The monoisotopic (exact) mass is 251 g/mol. The minimum Gasteiger partial charge on any atom is -0.496 e. The normalized spacial score (nSPS) is 11.5. The van der Waals surface area contributed by atoms with Crippen molar-refractivity contribution in [3.63, 3.8) is 0 Å². The standard InChI is InChI=1S/C14H21NO3/c1-14(2,15(3)4)13(16)12-10(17-5)8-7-9-11(12)18-6/h7-9H,1-6H3. The summed E-state index contributed by atoms with van der Waals surface area (Å²) in [4.78, 5) is 14.5. The predicted octanol–water partition coefficient (Wildman–Crippen LogP) is 2.23. The molecule has 0 aromatic heterocycles. The lowest BCUT2D eigenvalue weighted by atomic mass is 9.91. The number of carbonyl (C=O) groups is 1. The molecule has 0 N–H and O–H groups in total. The second-order valence-electron chi connectivity index (χ2n) is 4.82. The third-order valence-corrected chi connectivity index (χ3v) is 3.33. The summed E-state index contributed by atoms with van der Waals surface area (Å²) in [5.74, 6) is 1.05. The zero-order valence-electron chi connectivity index (χ0n) is 11.9. The second kappa shape index (κ2) is 5.40. The van der Waals surface area contributed by atoms with Crippen LogP contribution in [0.4, 0.5) is 0 Å². The Kier molecular flexibility index (Phi) is 4.35. The Balaban J connectivity index is 3.36. The lowest BCUT2D eigenvalue weighted by Crippen LogP contribution is -2.45. The molecular formula is C14H21NO3. The van der Waals surface area contributed by atoms with E-state index in [-0.39, 0.29) is 5.78 Å². The van der Waals surface area contributed by atoms with Gasteiger partial charge in [0.1, 0.15) is 17.1 Å². The second-order valence-corrected chi connectivity index (χ2v) is 4.82. The fourth-order valence-corrected chi connectivity index (χ4v) is 1.58. The van der Waals surface area contributed by atoms with Gasteiger partial charge < -0.3 is 9.47 Å². The van der Waals surface area contributed by atoms with Crippen LogP contribution < -0.4 is 9.47 Å². The molecule has 0 fully saturated rings. The average molecular weight is 251 g/mol. The Morgan fingerprint density at radius 2 is 1.56 bits per heavy atom. The highest BCUT2D eigenvalue weighted by Crippen LogP contribution is 2.32. The van der Waals surface area contributed by atoms with Crippen molar-refractivity contribution in [3.05, 3.63) is 23.8 Å². The smallest absolute Gasteiger partial charge is 0.189 e. The molecule has 1 aromatic carbocycles. The molecular weight excluding hydrogens is 230 g/mol. The van der Waals surface area contributed by atoms with Gasteiger partial charge >= 0.3 is 0 Å². The number of ketones is 1. The topological polar surface area (TPSA) is 38.8 Å². The Hall–Kier alpha value is -1.55. The number of ether oxygens (including phenoxy) is 2. The van der Waals surface area contributed by atoms with Gasteiger partial charge in [0.15, 0.2) is 5.78 Å². The zero-order chi connectivity index (χ0) is 13.9. The van der Waals surface area contributed by atoms with Crippen LogP contribution in [0.5, 0.6) is 11.5 Å². The first-order valence-corrected chi connectivity index (χ1v) is 5.79. The Morgan fingerprint density at radius 1 is 1.11 bits per heavy atom. The Labute approximate surface area is 108 Å². The van der Waals surface area contributed by atoms with Crippen LogP contribution in [-0.4, -0.2) is 44.5 Å². The molecule has 0 unspecified atom stereocenters. The maximum atomic E-state index is 12.7. The Bertz CT molecular complexity index is 416. The van der Waals surface area contributed by atoms with Crippen molar-refractivity contribution in [1.29, 1.82) is 0 Å². The number of carbonyl (C=O) groups excluding carboxylic acids is 1. The molecule has 0 saturated carbocycles. The van der Waals surface area contributed by atoms with Crippen LogP contribution in [0.3, 0.4) is 0 Å². The van der Waals surface area contributed by atoms with Crippen LogP contribution >= 0.6 is 0 Å². The highest BCUT2D eigenvalue weighted by Gasteiger charge is 2.34. The van der Waals surface area contributed by atoms with E-state index in [2.05, 4.69) is 0 Å². The number of rotatable bonds is 5. The molecule has 0 amide bonds. The van der Waals surface area contributed by atoms with Crippen LogP contribution in [0.1, 0.15) is 24.2 Å². The summed E-state index contributed by atoms with van der Waals surface area (Å²) in [6, 6.07) is 5.33. The third kappa shape index (κ3) is 2.48. The maximum absolute atomic E-state index is 12.7. The van der Waals surface area contributed by atoms with Crippen LogP contribution in [0.15, 0.2) is 18.2 Å². The largest absolute Gasteiger partial charge is 0.496 e. The van der Waals surface area contributed by atoms with Crippen molar-refractivity contribution in [2.24, 2.45) is 0 Å². The molecule has 1 aromatic rings. The molecule has 0 spiro atoms. The number of hydrogen-bond acceptors (Lipinski definition) is 4. The van der Waals surface area contributed by atoms with Gasteiger partial charge in [-0.2, -0.15) is 0 Å². The first kappa shape index (κ1) is 14.5. The minimum atomic E-state index is -0.623. The predicted molar refractivity (Wildman–Crippen MR) is 71.6 cm³/mol. The van der Waals surface area contributed by atoms with Gasteiger partial charge in [-0.25, -0.2) is 0 Å². The van der Waals surface area contributed by atoms with E-state index >= 15 is 0 Å². The summed E-state index contributed by atoms with van der Waals surface area (Å²) in [5.41, 5.74) is -0.136. The highest BCUT2D eigenvalue weighted by atomic mass is 16.5. The first-order chi connectivity index (χ1) is 8.36. The highest BCUT2D eigenvalue weighted by molar-refractivity contribution is 6.07. The van der Waals surface area contributed by atoms with Crippen LogP contribution in [0, 0.1) is 0 Å². The van der Waals surface area contributed by atoms with Crippen molar-refractivity contribution in [3.8, 4) is 11.5 Å². The van der Waals surface area contributed by atoms with E-state index in [1.807, 2.05) is 32.8 Å². The van der Waals surface area contributed by atoms with Gasteiger partial charge in [0.05, 0.1) is 19.8 Å². The number of methoxy groups -OCH3 is 2. The molecule has 18 heavy (non-hydrogen) atoms. The van der Waals surface area contributed by atoms with Gasteiger partial charge in [-0.15, -0.1) is 0 Å². The first-order valence-electron chi connectivity index (χ1n) is 5.79. The molecule has 0 bridgehead atoms. The zero-order valence-corrected chi connectivity index (χ0v) is 11.9. The van der Waals surface area contributed by atoms with Gasteiger partial charge in [0.2, 0.25) is 0 Å². The number of hydrogen-bond donors (Lipinski definition) is 0. The van der Waals surface area contributed by atoms with Gasteiger partial charge in [-0.3, -0.25) is 9.69 Å². The summed E-state index contributed by atoms with van der Waals surface area (Å²) in [7, 11) is 6.85. The SMILES string of the molecule is COc1cccc(OC)c1C(=O)C(C)(C)N(C)C. The number of likely N-dealkylation sites (N-methyl/N-ethyl adjacent to an activating group) is 1. The van der Waals surface area contributed by atoms with Gasteiger partial charge in [0, 0.05) is 0 Å². The molecule has 0 saturated heterocycles. The van der Waals surface area contributed by atoms with E-state index in [1.165, 1.54) is 0 Å². The fourth-order valence-electron chi connectivity index (χ4n) is 1.58. The van der Waals surface area contributed by atoms with Gasteiger partial charge in [0.25, 0.3) is 0 Å². The number of nitrogens with zero attached hydrogens (tertiary/aromatic N) is 1. The summed E-state index contributed by atoms with van der Waals surface area (Å²) in [6.07, 6.45) is 0. The quantitative estimate of drug-likeness (QED) is 0.752. The summed E-state index contributed by atoms with van der Waals surface area (Å²) < 4.78 is 10.5. The van der Waals surface area contributed by atoms with Crippen molar-refractivity contribution in [2.75, 3.05) is 28.3 Å². The number of Topliss-reactive ketones (excluding diaryl/α,β-unsaturated/α-hetero) is 1. The maximum Gasteiger partial charge on any atom is 0.189 e. The van der Waals surface area contributed by atoms with Crippen molar-refractivity contribution in [2.45, 2.75) is 19.4 Å². The van der Waals surface area contributed by atoms with E-state index in [1.54, 1.807) is 32.4 Å².